The van der Waals surface area contributed by atoms with E-state index in [9.17, 15) is 26.4 Å². The Balaban J connectivity index is 1.51. The van der Waals surface area contributed by atoms with Crippen molar-refractivity contribution < 1.29 is 41.4 Å². The van der Waals surface area contributed by atoms with E-state index in [1.54, 1.807) is 0 Å². The first-order chi connectivity index (χ1) is 17.0. The fourth-order valence-electron chi connectivity index (χ4n) is 4.49. The van der Waals surface area contributed by atoms with Crippen molar-refractivity contribution in [3.05, 3.63) is 59.7 Å². The molecule has 194 valence electrons. The average molecular weight is 539 g/mol. The minimum Gasteiger partial charge on any atom is -0.388 e. The van der Waals surface area contributed by atoms with Crippen molar-refractivity contribution in [1.82, 2.24) is 8.61 Å². The van der Waals surface area contributed by atoms with Gasteiger partial charge in [-0.25, -0.2) is 16.8 Å². The van der Waals surface area contributed by atoms with Crippen molar-refractivity contribution in [3.63, 3.8) is 0 Å². The van der Waals surface area contributed by atoms with Crippen LogP contribution < -0.4 is 0 Å². The van der Waals surface area contributed by atoms with Crippen molar-refractivity contribution in [3.8, 4) is 0 Å². The number of ether oxygens (including phenoxy) is 1. The molecule has 2 fully saturated rings. The number of hydrogen-bond donors (Lipinski definition) is 2. The fourth-order valence-corrected chi connectivity index (χ4v) is 7.65. The van der Waals surface area contributed by atoms with Crippen LogP contribution in [0.3, 0.4) is 0 Å². The molecule has 0 bridgehead atoms. The molecule has 36 heavy (non-hydrogen) atoms. The van der Waals surface area contributed by atoms with Crippen LogP contribution in [0.5, 0.6) is 0 Å². The predicted molar refractivity (Wildman–Crippen MR) is 126 cm³/mol. The minimum absolute atomic E-state index is 0.0118. The largest absolute Gasteiger partial charge is 0.388 e. The van der Waals surface area contributed by atoms with Gasteiger partial charge in [0.05, 0.1) is 16.4 Å². The van der Waals surface area contributed by atoms with Crippen molar-refractivity contribution in [2.75, 3.05) is 39.5 Å². The summed E-state index contributed by atoms with van der Waals surface area (Å²) in [5.74, 6) is -1.05. The number of rotatable bonds is 8. The zero-order valence-electron chi connectivity index (χ0n) is 19.2. The molecule has 13 heteroatoms. The van der Waals surface area contributed by atoms with Crippen LogP contribution in [0, 0.1) is 0 Å². The molecule has 2 aromatic rings. The number of aliphatic hydroxyl groups excluding tert-OH is 2. The summed E-state index contributed by atoms with van der Waals surface area (Å²) in [6, 6.07) is 10.6. The summed E-state index contributed by atoms with van der Waals surface area (Å²) in [7, 11) is -7.90. The lowest BCUT2D eigenvalue weighted by atomic mass is 10.0. The van der Waals surface area contributed by atoms with Gasteiger partial charge in [0.1, 0.15) is 18.9 Å². The van der Waals surface area contributed by atoms with E-state index in [1.807, 2.05) is 0 Å². The standard InChI is InChI=1S/C23H26N2O9S2/c26-15-21(28)17-1-5-19(6-2-17)35(30,31)24-11-9-23(10-12-24)25(13-14-34-23)36(32,33)20-7-3-18(4-8-20)22(29)16-27/h1-8,26-27H,9-16H2. The molecule has 4 rings (SSSR count). The van der Waals surface area contributed by atoms with Gasteiger partial charge in [-0.05, 0) is 48.5 Å². The first-order valence-electron chi connectivity index (χ1n) is 11.2. The lowest BCUT2D eigenvalue weighted by molar-refractivity contribution is -0.0806. The number of hydrogen-bond acceptors (Lipinski definition) is 9. The van der Waals surface area contributed by atoms with Crippen LogP contribution >= 0.6 is 0 Å². The molecule has 2 aliphatic heterocycles. The Kier molecular flexibility index (Phi) is 7.44. The molecule has 1 spiro atoms. The third kappa shape index (κ3) is 4.75. The Labute approximate surface area is 209 Å². The first-order valence-corrected chi connectivity index (χ1v) is 14.1. The van der Waals surface area contributed by atoms with Gasteiger partial charge in [0.25, 0.3) is 0 Å². The normalized spacial score (nSPS) is 18.9. The smallest absolute Gasteiger partial charge is 0.245 e. The monoisotopic (exact) mass is 538 g/mol. The third-order valence-corrected chi connectivity index (χ3v) is 10.4. The molecule has 2 heterocycles. The summed E-state index contributed by atoms with van der Waals surface area (Å²) < 4.78 is 61.4. The van der Waals surface area contributed by atoms with Gasteiger partial charge >= 0.3 is 0 Å². The SMILES string of the molecule is O=C(CO)c1ccc(S(=O)(=O)N2CCC3(CC2)OCCN3S(=O)(=O)c2ccc(C(=O)CO)cc2)cc1. The molecule has 0 aromatic heterocycles. The summed E-state index contributed by atoms with van der Waals surface area (Å²) in [5.41, 5.74) is -0.805. The zero-order chi connectivity index (χ0) is 26.1. The quantitative estimate of drug-likeness (QED) is 0.449. The van der Waals surface area contributed by atoms with Crippen molar-refractivity contribution in [2.24, 2.45) is 0 Å². The average Bonchev–Trinajstić information content (AvgIpc) is 3.31. The number of nitrogens with zero attached hydrogens (tertiary/aromatic N) is 2. The molecule has 0 atom stereocenters. The van der Waals surface area contributed by atoms with Crippen LogP contribution in [-0.4, -0.2) is 92.4 Å². The maximum Gasteiger partial charge on any atom is 0.245 e. The fraction of sp³-hybridized carbons (Fsp3) is 0.391. The number of aliphatic hydroxyl groups is 2. The number of piperidine rings is 1. The highest BCUT2D eigenvalue weighted by molar-refractivity contribution is 7.89. The van der Waals surface area contributed by atoms with E-state index in [-0.39, 0.29) is 60.0 Å². The summed E-state index contributed by atoms with van der Waals surface area (Å²) in [4.78, 5) is 23.2. The number of sulfonamides is 2. The van der Waals surface area contributed by atoms with Gasteiger partial charge in [0.2, 0.25) is 20.0 Å². The van der Waals surface area contributed by atoms with E-state index in [2.05, 4.69) is 0 Å². The van der Waals surface area contributed by atoms with Crippen LogP contribution in [0.25, 0.3) is 0 Å². The Bertz CT molecular complexity index is 1350. The Morgan fingerprint density at radius 2 is 1.19 bits per heavy atom. The van der Waals surface area contributed by atoms with E-state index in [4.69, 9.17) is 14.9 Å². The number of ketones is 2. The second-order valence-electron chi connectivity index (χ2n) is 8.49. The first kappa shape index (κ1) is 26.5. The number of Topliss-reactive ketones (excluding diaryl/α,β-unsaturated/α-hetero) is 2. The van der Waals surface area contributed by atoms with Crippen molar-refractivity contribution in [1.29, 1.82) is 0 Å². The summed E-state index contributed by atoms with van der Waals surface area (Å²) in [5, 5.41) is 18.0. The summed E-state index contributed by atoms with van der Waals surface area (Å²) >= 11 is 0. The Hall–Kier alpha value is -2.52. The second kappa shape index (κ2) is 10.1. The van der Waals surface area contributed by atoms with E-state index in [1.165, 1.54) is 57.1 Å². The van der Waals surface area contributed by atoms with E-state index >= 15 is 0 Å². The molecule has 0 saturated carbocycles. The predicted octanol–water partition coefficient (Wildman–Crippen LogP) is 0.239. The molecule has 0 amide bonds. The lowest BCUT2D eigenvalue weighted by Crippen LogP contribution is -2.55. The maximum atomic E-state index is 13.4. The molecule has 2 aromatic carbocycles. The van der Waals surface area contributed by atoms with Gasteiger partial charge in [-0.1, -0.05) is 0 Å². The van der Waals surface area contributed by atoms with Crippen LogP contribution in [0.4, 0.5) is 0 Å². The van der Waals surface area contributed by atoms with Crippen molar-refractivity contribution >= 4 is 31.6 Å². The van der Waals surface area contributed by atoms with Gasteiger partial charge < -0.3 is 14.9 Å². The lowest BCUT2D eigenvalue weighted by Gasteiger charge is -2.42. The molecule has 0 aliphatic carbocycles. The van der Waals surface area contributed by atoms with Gasteiger partial charge in [-0.15, -0.1) is 0 Å². The van der Waals surface area contributed by atoms with E-state index < -0.39 is 50.6 Å². The Morgan fingerprint density at radius 3 is 1.64 bits per heavy atom. The third-order valence-electron chi connectivity index (χ3n) is 6.49. The maximum absolute atomic E-state index is 13.4. The van der Waals surface area contributed by atoms with E-state index in [0.717, 1.165) is 0 Å². The molecule has 11 nitrogen and oxygen atoms in total. The molecule has 2 N–H and O–H groups in total. The number of benzene rings is 2. The van der Waals surface area contributed by atoms with Crippen molar-refractivity contribution in [2.45, 2.75) is 28.4 Å². The number of carbonyl (C=O) groups excluding carboxylic acids is 2. The highest BCUT2D eigenvalue weighted by Crippen LogP contribution is 2.39. The van der Waals surface area contributed by atoms with Crippen LogP contribution in [-0.2, 0) is 24.8 Å². The molecule has 0 radical (unpaired) electrons. The topological polar surface area (TPSA) is 159 Å². The molecule has 2 aliphatic rings. The van der Waals surface area contributed by atoms with Gasteiger partial charge in [-0.2, -0.15) is 8.61 Å². The minimum atomic E-state index is -4.00. The highest BCUT2D eigenvalue weighted by atomic mass is 32.2. The van der Waals surface area contributed by atoms with Crippen LogP contribution in [0.1, 0.15) is 33.6 Å². The van der Waals surface area contributed by atoms with Gasteiger partial charge in [0.15, 0.2) is 11.6 Å². The van der Waals surface area contributed by atoms with Gasteiger partial charge in [-0.3, -0.25) is 9.59 Å². The highest BCUT2D eigenvalue weighted by Gasteiger charge is 2.51. The molecule has 0 unspecified atom stereocenters. The zero-order valence-corrected chi connectivity index (χ0v) is 20.9. The molecule has 2 saturated heterocycles. The van der Waals surface area contributed by atoms with E-state index in [0.29, 0.717) is 0 Å². The Morgan fingerprint density at radius 1 is 0.750 bits per heavy atom. The second-order valence-corrected chi connectivity index (χ2v) is 12.3. The van der Waals surface area contributed by atoms with Crippen LogP contribution in [0.2, 0.25) is 0 Å². The summed E-state index contributed by atoms with van der Waals surface area (Å²) in [6.45, 7) is -1.05. The van der Waals surface area contributed by atoms with Crippen LogP contribution in [0.15, 0.2) is 58.3 Å². The molecular weight excluding hydrogens is 512 g/mol. The summed E-state index contributed by atoms with van der Waals surface area (Å²) in [6.07, 6.45) is 0.237. The number of carbonyl (C=O) groups is 2. The molecular formula is C23H26N2O9S2. The van der Waals surface area contributed by atoms with Gasteiger partial charge in [0, 0.05) is 43.6 Å².